The SMILES string of the molecule is O=C1[C@@H]2C[C@@H](C[N+]3=C2CCCC3)[C@@H]2CCCCN12. The monoisotopic (exact) mass is 247 g/mol. The van der Waals surface area contributed by atoms with Gasteiger partial charge >= 0.3 is 0 Å². The highest BCUT2D eigenvalue weighted by molar-refractivity contribution is 6.03. The minimum absolute atomic E-state index is 0.262. The molecule has 0 spiro atoms. The number of hydrogen-bond acceptors (Lipinski definition) is 1. The summed E-state index contributed by atoms with van der Waals surface area (Å²) < 4.78 is 2.58. The maximum Gasteiger partial charge on any atom is 0.236 e. The fourth-order valence-corrected chi connectivity index (χ4v) is 4.75. The van der Waals surface area contributed by atoms with Crippen LogP contribution in [0, 0.1) is 11.8 Å². The number of piperidine rings is 2. The topological polar surface area (TPSA) is 23.3 Å². The summed E-state index contributed by atoms with van der Waals surface area (Å²) in [5.41, 5.74) is 1.49. The van der Waals surface area contributed by atoms with Gasteiger partial charge in [-0.05, 0) is 32.1 Å². The van der Waals surface area contributed by atoms with Crippen molar-refractivity contribution in [1.82, 2.24) is 4.90 Å². The number of nitrogens with zero attached hydrogens (tertiary/aromatic N) is 2. The Balaban J connectivity index is 1.71. The summed E-state index contributed by atoms with van der Waals surface area (Å²) >= 11 is 0. The molecule has 0 aromatic heterocycles. The van der Waals surface area contributed by atoms with Crippen LogP contribution in [0.3, 0.4) is 0 Å². The van der Waals surface area contributed by atoms with Crippen molar-refractivity contribution in [3.05, 3.63) is 0 Å². The van der Waals surface area contributed by atoms with Crippen LogP contribution in [0.25, 0.3) is 0 Å². The molecular formula is C15H23N2O+. The van der Waals surface area contributed by atoms with Crippen molar-refractivity contribution < 1.29 is 9.37 Å². The van der Waals surface area contributed by atoms with Gasteiger partial charge in [0.05, 0.1) is 0 Å². The van der Waals surface area contributed by atoms with Gasteiger partial charge in [0, 0.05) is 31.3 Å². The van der Waals surface area contributed by atoms with Crippen LogP contribution in [0.2, 0.25) is 0 Å². The molecule has 98 valence electrons. The molecule has 0 radical (unpaired) electrons. The second-order valence-electron chi connectivity index (χ2n) is 6.54. The van der Waals surface area contributed by atoms with Crippen LogP contribution in [0.1, 0.15) is 44.9 Å². The highest BCUT2D eigenvalue weighted by atomic mass is 16.2. The molecule has 0 unspecified atom stereocenters. The third-order valence-corrected chi connectivity index (χ3v) is 5.59. The van der Waals surface area contributed by atoms with Crippen molar-refractivity contribution in [3.8, 4) is 0 Å². The molecule has 0 aromatic rings. The zero-order valence-corrected chi connectivity index (χ0v) is 11.1. The number of carbonyl (C=O) groups is 1. The molecule has 2 saturated heterocycles. The predicted molar refractivity (Wildman–Crippen MR) is 69.8 cm³/mol. The van der Waals surface area contributed by atoms with Gasteiger partial charge in [-0.15, -0.1) is 0 Å². The van der Waals surface area contributed by atoms with E-state index in [9.17, 15) is 4.79 Å². The van der Waals surface area contributed by atoms with E-state index in [2.05, 4.69) is 9.48 Å². The summed E-state index contributed by atoms with van der Waals surface area (Å²) in [6.07, 6.45) is 8.77. The number of rotatable bonds is 0. The fraction of sp³-hybridized carbons (Fsp3) is 0.867. The standard InChI is InChI=1S/C15H23N2O/c18-15-12-9-11(13-5-2-4-8-17(13)15)10-16-7-3-1-6-14(12)16/h11-13H,1-10H2/q+1/t11-,12+,13-/m0/s1. The minimum atomic E-state index is 0.262. The average Bonchev–Trinajstić information content (AvgIpc) is 2.44. The molecule has 1 amide bonds. The summed E-state index contributed by atoms with van der Waals surface area (Å²) in [7, 11) is 0. The molecule has 0 N–H and O–H groups in total. The van der Waals surface area contributed by atoms with Crippen LogP contribution < -0.4 is 0 Å². The Hall–Kier alpha value is -0.860. The van der Waals surface area contributed by atoms with Crippen LogP contribution in [0.15, 0.2) is 0 Å². The normalized spacial score (nSPS) is 39.4. The Labute approximate surface area is 109 Å². The number of hydrogen-bond donors (Lipinski definition) is 0. The highest BCUT2D eigenvalue weighted by Crippen LogP contribution is 2.39. The van der Waals surface area contributed by atoms with Gasteiger partial charge in [0.25, 0.3) is 0 Å². The van der Waals surface area contributed by atoms with Crippen LogP contribution in [0.5, 0.6) is 0 Å². The van der Waals surface area contributed by atoms with E-state index in [1.807, 2.05) is 0 Å². The van der Waals surface area contributed by atoms with Crippen molar-refractivity contribution in [1.29, 1.82) is 0 Å². The van der Waals surface area contributed by atoms with E-state index in [1.165, 1.54) is 57.3 Å². The van der Waals surface area contributed by atoms with Crippen molar-refractivity contribution in [3.63, 3.8) is 0 Å². The Bertz CT molecular complexity index is 415. The highest BCUT2D eigenvalue weighted by Gasteiger charge is 2.51. The fourth-order valence-electron chi connectivity index (χ4n) is 4.75. The van der Waals surface area contributed by atoms with Gasteiger partial charge < -0.3 is 4.90 Å². The molecule has 2 fully saturated rings. The van der Waals surface area contributed by atoms with E-state index in [4.69, 9.17) is 0 Å². The van der Waals surface area contributed by atoms with Gasteiger partial charge in [0.2, 0.25) is 5.91 Å². The van der Waals surface area contributed by atoms with Gasteiger partial charge in [-0.1, -0.05) is 0 Å². The molecule has 3 heteroatoms. The van der Waals surface area contributed by atoms with Crippen molar-refractivity contribution in [2.45, 2.75) is 51.0 Å². The van der Waals surface area contributed by atoms with Gasteiger partial charge in [-0.2, -0.15) is 0 Å². The molecule has 0 saturated carbocycles. The van der Waals surface area contributed by atoms with Gasteiger partial charge in [-0.25, -0.2) is 4.58 Å². The number of carbonyl (C=O) groups excluding carboxylic acids is 1. The lowest BCUT2D eigenvalue weighted by Gasteiger charge is -2.48. The average molecular weight is 247 g/mol. The van der Waals surface area contributed by atoms with E-state index in [1.54, 1.807) is 0 Å². The third kappa shape index (κ3) is 1.49. The van der Waals surface area contributed by atoms with Crippen LogP contribution in [0.4, 0.5) is 0 Å². The lowest BCUT2D eigenvalue weighted by molar-refractivity contribution is -0.549. The van der Waals surface area contributed by atoms with E-state index < -0.39 is 0 Å². The Morgan fingerprint density at radius 2 is 2.11 bits per heavy atom. The molecule has 4 rings (SSSR count). The maximum absolute atomic E-state index is 12.7. The molecule has 3 atom stereocenters. The molecule has 4 aliphatic heterocycles. The quantitative estimate of drug-likeness (QED) is 0.597. The van der Waals surface area contributed by atoms with E-state index in [0.717, 1.165) is 18.9 Å². The summed E-state index contributed by atoms with van der Waals surface area (Å²) in [6.45, 7) is 3.48. The van der Waals surface area contributed by atoms with Crippen molar-refractivity contribution >= 4 is 11.6 Å². The summed E-state index contributed by atoms with van der Waals surface area (Å²) in [6, 6.07) is 0.575. The van der Waals surface area contributed by atoms with Crippen molar-refractivity contribution in [2.24, 2.45) is 11.8 Å². The Kier molecular flexibility index (Phi) is 2.49. The Morgan fingerprint density at radius 1 is 1.17 bits per heavy atom. The van der Waals surface area contributed by atoms with E-state index in [0.29, 0.717) is 11.9 Å². The van der Waals surface area contributed by atoms with Crippen LogP contribution >= 0.6 is 0 Å². The first-order chi connectivity index (χ1) is 8.84. The smallest absolute Gasteiger partial charge is 0.236 e. The summed E-state index contributed by atoms with van der Waals surface area (Å²) in [5.74, 6) is 1.49. The van der Waals surface area contributed by atoms with Crippen molar-refractivity contribution in [2.75, 3.05) is 19.6 Å². The van der Waals surface area contributed by atoms with Crippen LogP contribution in [-0.2, 0) is 4.79 Å². The number of fused-ring (bicyclic) bond motifs is 5. The molecule has 0 aliphatic carbocycles. The summed E-state index contributed by atoms with van der Waals surface area (Å²) in [4.78, 5) is 15.0. The molecule has 4 aliphatic rings. The zero-order chi connectivity index (χ0) is 12.1. The maximum atomic E-state index is 12.7. The molecule has 2 bridgehead atoms. The molecule has 0 aromatic carbocycles. The zero-order valence-electron chi connectivity index (χ0n) is 11.1. The van der Waals surface area contributed by atoms with Gasteiger partial charge in [-0.3, -0.25) is 4.79 Å². The van der Waals surface area contributed by atoms with E-state index >= 15 is 0 Å². The summed E-state index contributed by atoms with van der Waals surface area (Å²) in [5, 5.41) is 0. The largest absolute Gasteiger partial charge is 0.338 e. The van der Waals surface area contributed by atoms with Crippen LogP contribution in [-0.4, -0.2) is 46.8 Å². The first-order valence-corrected chi connectivity index (χ1v) is 7.76. The molecule has 4 heterocycles. The third-order valence-electron chi connectivity index (χ3n) is 5.59. The van der Waals surface area contributed by atoms with Gasteiger partial charge in [0.15, 0.2) is 5.71 Å². The molecular weight excluding hydrogens is 224 g/mol. The first kappa shape index (κ1) is 11.0. The predicted octanol–water partition coefficient (Wildman–Crippen LogP) is 1.65. The second-order valence-corrected chi connectivity index (χ2v) is 6.54. The minimum Gasteiger partial charge on any atom is -0.338 e. The second kappa shape index (κ2) is 4.07. The number of amides is 1. The first-order valence-electron chi connectivity index (χ1n) is 7.76. The molecule has 3 nitrogen and oxygen atoms in total. The Morgan fingerprint density at radius 3 is 3.06 bits per heavy atom. The lowest BCUT2D eigenvalue weighted by atomic mass is 9.73. The van der Waals surface area contributed by atoms with Gasteiger partial charge in [0.1, 0.15) is 19.0 Å². The lowest BCUT2D eigenvalue weighted by Crippen LogP contribution is -2.61. The molecule has 18 heavy (non-hydrogen) atoms. The van der Waals surface area contributed by atoms with E-state index in [-0.39, 0.29) is 5.92 Å².